The highest BCUT2D eigenvalue weighted by Crippen LogP contribution is 2.40. The summed E-state index contributed by atoms with van der Waals surface area (Å²) in [6.07, 6.45) is 1.67. The zero-order chi connectivity index (χ0) is 36.0. The molecule has 0 unspecified atom stereocenters. The van der Waals surface area contributed by atoms with Crippen LogP contribution in [-0.2, 0) is 27.4 Å². The zero-order valence-corrected chi connectivity index (χ0v) is 26.6. The summed E-state index contributed by atoms with van der Waals surface area (Å²) >= 11 is 0. The molecule has 1 fully saturated rings. The van der Waals surface area contributed by atoms with E-state index >= 15 is 0 Å². The largest absolute Gasteiger partial charge is 0.416 e. The molecule has 1 saturated carbocycles. The molecule has 0 aromatic carbocycles. The van der Waals surface area contributed by atoms with Gasteiger partial charge in [0.15, 0.2) is 16.9 Å². The maximum absolute atomic E-state index is 12.4. The van der Waals surface area contributed by atoms with Gasteiger partial charge in [-0.1, -0.05) is 5.16 Å². The first-order valence-corrected chi connectivity index (χ1v) is 13.7. The Balaban J connectivity index is 0.000000576. The Kier molecular flexibility index (Phi) is 16.3. The number of hydrogen-bond donors (Lipinski definition) is 2. The second kappa shape index (κ2) is 18.6. The van der Waals surface area contributed by atoms with Gasteiger partial charge in [0.1, 0.15) is 5.69 Å². The van der Waals surface area contributed by atoms with Gasteiger partial charge < -0.3 is 25.0 Å². The number of nitrogens with one attached hydrogen (secondary N) is 2. The Morgan fingerprint density at radius 3 is 2.28 bits per heavy atom. The standard InChI is InChI=1S/C18H20B2N8O3.C5H9F3O.C2H6O.CHF3/c1-27(18(19,20)9-21-10-29)7-11-4-14-24-13(8-28(14)23-5-11)6-22-17(30)16-15(12-2-3-12)25-31-26-16;1-4(2,9-3)5(6,7)8;1-3-2;2-1(3)4/h4-5,8,10,12H,2-3,6-7,9H2,1H3,(H,21,29)(H,22,30);1-3H3;1-2H3;1H. The van der Waals surface area contributed by atoms with Crippen LogP contribution in [0.1, 0.15) is 60.0 Å². The second-order valence-electron chi connectivity index (χ2n) is 10.6. The highest BCUT2D eigenvalue weighted by atomic mass is 19.4. The predicted octanol–water partition coefficient (Wildman–Crippen LogP) is 2.50. The van der Waals surface area contributed by atoms with E-state index < -0.39 is 23.8 Å². The molecule has 4 rings (SSSR count). The molecule has 3 aromatic heterocycles. The first-order valence-electron chi connectivity index (χ1n) is 13.7. The number of aromatic nitrogens is 5. The molecule has 0 aliphatic heterocycles. The number of alkyl halides is 6. The molecule has 1 aliphatic rings. The molecule has 4 radical (unpaired) electrons. The van der Waals surface area contributed by atoms with E-state index in [1.807, 2.05) is 6.07 Å². The van der Waals surface area contributed by atoms with E-state index in [0.29, 0.717) is 30.0 Å². The van der Waals surface area contributed by atoms with Crippen LogP contribution in [-0.4, -0.2) is 117 Å². The summed E-state index contributed by atoms with van der Waals surface area (Å²) in [6.45, 7) is -1.00. The van der Waals surface area contributed by atoms with Gasteiger partial charge in [-0.2, -0.15) is 31.4 Å². The molecular formula is C26H36B2F6N8O5. The van der Waals surface area contributed by atoms with Crippen LogP contribution in [0.15, 0.2) is 23.1 Å². The minimum atomic E-state index is -4.28. The fourth-order valence-electron chi connectivity index (χ4n) is 3.25. The molecule has 0 saturated heterocycles. The fourth-order valence-corrected chi connectivity index (χ4v) is 3.25. The van der Waals surface area contributed by atoms with E-state index in [0.717, 1.165) is 39.4 Å². The third-order valence-corrected chi connectivity index (χ3v) is 6.34. The normalized spacial score (nSPS) is 13.1. The van der Waals surface area contributed by atoms with Crippen LogP contribution in [0.2, 0.25) is 0 Å². The van der Waals surface area contributed by atoms with Gasteiger partial charge in [-0.25, -0.2) is 14.1 Å². The molecule has 47 heavy (non-hydrogen) atoms. The van der Waals surface area contributed by atoms with Gasteiger partial charge in [-0.05, 0) is 55.9 Å². The average molecular weight is 676 g/mol. The van der Waals surface area contributed by atoms with E-state index in [1.165, 1.54) is 0 Å². The molecule has 0 spiro atoms. The van der Waals surface area contributed by atoms with Gasteiger partial charge in [0, 0.05) is 40.3 Å². The van der Waals surface area contributed by atoms with E-state index in [4.69, 9.17) is 20.3 Å². The fraction of sp³-hybridized carbons (Fsp3) is 0.615. The quantitative estimate of drug-likeness (QED) is 0.176. The number of amides is 2. The first-order chi connectivity index (χ1) is 21.8. The number of imidazole rings is 1. The highest BCUT2D eigenvalue weighted by molar-refractivity contribution is 6.40. The van der Waals surface area contributed by atoms with E-state index in [-0.39, 0.29) is 30.6 Å². The Morgan fingerprint density at radius 1 is 1.19 bits per heavy atom. The number of nitrogens with zero attached hydrogens (tertiary/aromatic N) is 6. The Hall–Kier alpha value is -3.71. The average Bonchev–Trinajstić information content (AvgIpc) is 3.55. The molecular weight excluding hydrogens is 640 g/mol. The summed E-state index contributed by atoms with van der Waals surface area (Å²) in [6, 6.07) is 1.85. The van der Waals surface area contributed by atoms with Crippen LogP contribution in [0, 0.1) is 0 Å². The van der Waals surface area contributed by atoms with E-state index in [2.05, 4.69) is 40.5 Å². The SMILES string of the molecule is COC.COC(C)(C)C(F)(F)F.FC(F)F.[B]C([B])(CNC=O)N(C)Cc1cnn2cc(CNC(=O)c3nonc3C3CC3)nc2c1. The topological polar surface area (TPSA) is 149 Å². The minimum absolute atomic E-state index is 0.0966. The van der Waals surface area contributed by atoms with Crippen molar-refractivity contribution in [3.8, 4) is 0 Å². The molecule has 2 N–H and O–H groups in total. The van der Waals surface area contributed by atoms with Crippen LogP contribution in [0.5, 0.6) is 0 Å². The molecule has 21 heteroatoms. The molecule has 258 valence electrons. The number of rotatable bonds is 11. The maximum atomic E-state index is 12.4. The van der Waals surface area contributed by atoms with Crippen molar-refractivity contribution in [2.24, 2.45) is 0 Å². The molecule has 2 amide bonds. The molecule has 13 nitrogen and oxygen atoms in total. The highest BCUT2D eigenvalue weighted by Gasteiger charge is 2.47. The summed E-state index contributed by atoms with van der Waals surface area (Å²) < 4.78 is 78.9. The monoisotopic (exact) mass is 676 g/mol. The third kappa shape index (κ3) is 13.9. The maximum Gasteiger partial charge on any atom is 0.416 e. The summed E-state index contributed by atoms with van der Waals surface area (Å²) in [7, 11) is 18.1. The summed E-state index contributed by atoms with van der Waals surface area (Å²) in [5.74, 6) is -0.0837. The molecule has 0 bridgehead atoms. The summed E-state index contributed by atoms with van der Waals surface area (Å²) in [4.78, 5) is 29.1. The Labute approximate surface area is 269 Å². The van der Waals surface area contributed by atoms with Crippen molar-refractivity contribution in [1.82, 2.24) is 40.4 Å². The molecule has 3 aromatic rings. The smallest absolute Gasteiger partial charge is 0.388 e. The van der Waals surface area contributed by atoms with Gasteiger partial charge in [0.05, 0.1) is 40.3 Å². The first kappa shape index (κ1) is 41.3. The van der Waals surface area contributed by atoms with Gasteiger partial charge in [-0.3, -0.25) is 9.59 Å². The van der Waals surface area contributed by atoms with Crippen LogP contribution >= 0.6 is 0 Å². The van der Waals surface area contributed by atoms with Crippen LogP contribution in [0.3, 0.4) is 0 Å². The number of ether oxygens (including phenoxy) is 2. The number of fused-ring (bicyclic) bond motifs is 1. The molecule has 1 aliphatic carbocycles. The number of carbonyl (C=O) groups is 2. The number of halogens is 6. The van der Waals surface area contributed by atoms with Crippen molar-refractivity contribution in [3.63, 3.8) is 0 Å². The van der Waals surface area contributed by atoms with E-state index in [9.17, 15) is 35.9 Å². The van der Waals surface area contributed by atoms with Gasteiger partial charge in [0.25, 0.3) is 5.91 Å². The van der Waals surface area contributed by atoms with Crippen LogP contribution in [0.4, 0.5) is 26.3 Å². The lowest BCUT2D eigenvalue weighted by Gasteiger charge is -2.36. The van der Waals surface area contributed by atoms with Crippen molar-refractivity contribution in [1.29, 1.82) is 0 Å². The predicted molar refractivity (Wildman–Crippen MR) is 157 cm³/mol. The van der Waals surface area contributed by atoms with Crippen molar-refractivity contribution < 1.29 is 50.0 Å². The second-order valence-corrected chi connectivity index (χ2v) is 10.6. The Bertz CT molecular complexity index is 1390. The molecule has 0 atom stereocenters. The van der Waals surface area contributed by atoms with Crippen LogP contribution < -0.4 is 10.6 Å². The number of carbonyl (C=O) groups excluding carboxylic acids is 2. The zero-order valence-electron chi connectivity index (χ0n) is 26.6. The number of methoxy groups -OCH3 is 2. The van der Waals surface area contributed by atoms with Gasteiger partial charge >= 0.3 is 12.9 Å². The van der Waals surface area contributed by atoms with Crippen molar-refractivity contribution in [2.45, 2.75) is 69.5 Å². The number of hydrogen-bond acceptors (Lipinski definition) is 10. The lowest BCUT2D eigenvalue weighted by atomic mass is 9.60. The summed E-state index contributed by atoms with van der Waals surface area (Å²) in [5, 5.41) is 16.0. The lowest BCUT2D eigenvalue weighted by molar-refractivity contribution is -0.255. The lowest BCUT2D eigenvalue weighted by Crippen LogP contribution is -2.54. The van der Waals surface area contributed by atoms with Crippen molar-refractivity contribution >= 4 is 33.7 Å². The van der Waals surface area contributed by atoms with Crippen molar-refractivity contribution in [2.75, 3.05) is 34.9 Å². The van der Waals surface area contributed by atoms with Gasteiger partial charge in [-0.15, -0.1) is 0 Å². The number of likely N-dealkylation sites (N-methyl/N-ethyl adjacent to an activating group) is 1. The summed E-state index contributed by atoms with van der Waals surface area (Å²) in [5.41, 5.74) is 0.909. The third-order valence-electron chi connectivity index (χ3n) is 6.34. The minimum Gasteiger partial charge on any atom is -0.388 e. The van der Waals surface area contributed by atoms with E-state index in [1.54, 1.807) is 43.1 Å². The van der Waals surface area contributed by atoms with Crippen LogP contribution in [0.25, 0.3) is 5.65 Å². The van der Waals surface area contributed by atoms with Crippen molar-refractivity contribution in [3.05, 3.63) is 41.1 Å². The van der Waals surface area contributed by atoms with Gasteiger partial charge in [0.2, 0.25) is 6.41 Å². The molecule has 3 heterocycles. The Morgan fingerprint density at radius 2 is 1.79 bits per heavy atom.